The van der Waals surface area contributed by atoms with Crippen molar-refractivity contribution >= 4 is 21.4 Å². The third-order valence-corrected chi connectivity index (χ3v) is 6.49. The van der Waals surface area contributed by atoms with Gasteiger partial charge in [0.15, 0.2) is 0 Å². The molecule has 1 aliphatic rings. The van der Waals surface area contributed by atoms with Gasteiger partial charge in [0.05, 0.1) is 17.0 Å². The van der Waals surface area contributed by atoms with Crippen LogP contribution in [0.25, 0.3) is 0 Å². The van der Waals surface area contributed by atoms with Crippen molar-refractivity contribution in [1.29, 1.82) is 0 Å². The van der Waals surface area contributed by atoms with E-state index in [-0.39, 0.29) is 5.75 Å². The summed E-state index contributed by atoms with van der Waals surface area (Å²) in [5.41, 5.74) is 2.70. The molecular weight excluding hydrogens is 320 g/mol. The third kappa shape index (κ3) is 5.58. The molecule has 6 nitrogen and oxygen atoms in total. The Morgan fingerprint density at radius 1 is 1.27 bits per heavy atom. The van der Waals surface area contributed by atoms with Crippen LogP contribution in [0.5, 0.6) is 0 Å². The molecule has 2 heterocycles. The molecule has 1 fully saturated rings. The topological polar surface area (TPSA) is 65.5 Å². The summed E-state index contributed by atoms with van der Waals surface area (Å²) in [6.45, 7) is 10.7. The van der Waals surface area contributed by atoms with Crippen molar-refractivity contribution in [2.24, 2.45) is 0 Å². The maximum Gasteiger partial charge on any atom is 0.211 e. The predicted molar refractivity (Wildman–Crippen MR) is 90.9 cm³/mol. The van der Waals surface area contributed by atoms with Gasteiger partial charge in [-0.1, -0.05) is 6.92 Å². The first-order chi connectivity index (χ1) is 10.5. The maximum atomic E-state index is 12.0. The van der Waals surface area contributed by atoms with E-state index in [0.29, 0.717) is 13.0 Å². The predicted octanol–water partition coefficient (Wildman–Crippen LogP) is 0.551. The van der Waals surface area contributed by atoms with Crippen molar-refractivity contribution in [3.63, 3.8) is 0 Å². The average molecular weight is 347 g/mol. The summed E-state index contributed by atoms with van der Waals surface area (Å²) in [7, 11) is -3.20. The Labute approximate surface area is 137 Å². The highest BCUT2D eigenvalue weighted by Gasteiger charge is 2.16. The van der Waals surface area contributed by atoms with E-state index in [1.807, 2.05) is 6.92 Å². The Hall–Kier alpha value is -0.540. The van der Waals surface area contributed by atoms with Crippen LogP contribution in [0.4, 0.5) is 0 Å². The van der Waals surface area contributed by atoms with Crippen LogP contribution in [0.1, 0.15) is 17.5 Å². The summed E-state index contributed by atoms with van der Waals surface area (Å²) in [5, 5.41) is 0. The van der Waals surface area contributed by atoms with Crippen LogP contribution in [0.2, 0.25) is 0 Å². The molecule has 8 heteroatoms. The van der Waals surface area contributed by atoms with Gasteiger partial charge in [-0.2, -0.15) is 0 Å². The lowest BCUT2D eigenvalue weighted by atomic mass is 10.3. The van der Waals surface area contributed by atoms with Crippen LogP contribution in [0.15, 0.2) is 5.51 Å². The van der Waals surface area contributed by atoms with Gasteiger partial charge in [-0.15, -0.1) is 11.3 Å². The molecule has 1 N–H and O–H groups in total. The van der Waals surface area contributed by atoms with Gasteiger partial charge in [0.25, 0.3) is 0 Å². The fourth-order valence-electron chi connectivity index (χ4n) is 2.55. The van der Waals surface area contributed by atoms with E-state index in [9.17, 15) is 8.42 Å². The number of hydrogen-bond acceptors (Lipinski definition) is 6. The summed E-state index contributed by atoms with van der Waals surface area (Å²) in [5.74, 6) is 0.139. The number of hydrogen-bond donors (Lipinski definition) is 1. The van der Waals surface area contributed by atoms with E-state index in [1.165, 1.54) is 11.3 Å². The standard InChI is InChI=1S/C14H26N4O2S2/c1-3-17-7-9-18(10-8-17)6-5-16-22(19,20)11-4-14-13(2)15-12-21-14/h12,16H,3-11H2,1-2H3. The van der Waals surface area contributed by atoms with Gasteiger partial charge >= 0.3 is 0 Å². The minimum atomic E-state index is -3.20. The molecule has 0 bridgehead atoms. The highest BCUT2D eigenvalue weighted by atomic mass is 32.2. The van der Waals surface area contributed by atoms with E-state index in [2.05, 4.69) is 26.4 Å². The Kier molecular flexibility index (Phi) is 6.76. The molecule has 0 radical (unpaired) electrons. The number of nitrogens with zero attached hydrogens (tertiary/aromatic N) is 3. The first-order valence-corrected chi connectivity index (χ1v) is 10.3. The summed E-state index contributed by atoms with van der Waals surface area (Å²) in [6.07, 6.45) is 0.543. The summed E-state index contributed by atoms with van der Waals surface area (Å²) in [6, 6.07) is 0. The molecule has 22 heavy (non-hydrogen) atoms. The molecule has 0 atom stereocenters. The summed E-state index contributed by atoms with van der Waals surface area (Å²) in [4.78, 5) is 9.94. The van der Waals surface area contributed by atoms with E-state index >= 15 is 0 Å². The summed E-state index contributed by atoms with van der Waals surface area (Å²) < 4.78 is 26.8. The number of thiazole rings is 1. The largest absolute Gasteiger partial charge is 0.301 e. The van der Waals surface area contributed by atoms with Gasteiger partial charge in [0, 0.05) is 44.1 Å². The van der Waals surface area contributed by atoms with Crippen molar-refractivity contribution < 1.29 is 8.42 Å². The molecule has 1 aliphatic heterocycles. The van der Waals surface area contributed by atoms with Gasteiger partial charge in [0.2, 0.25) is 10.0 Å². The molecule has 0 unspecified atom stereocenters. The molecule has 0 aliphatic carbocycles. The van der Waals surface area contributed by atoms with Gasteiger partial charge in [-0.05, 0) is 19.9 Å². The fourth-order valence-corrected chi connectivity index (χ4v) is 4.48. The number of rotatable bonds is 8. The van der Waals surface area contributed by atoms with Crippen LogP contribution in [-0.4, -0.2) is 74.8 Å². The molecule has 1 saturated heterocycles. The Morgan fingerprint density at radius 2 is 1.95 bits per heavy atom. The van der Waals surface area contributed by atoms with Crippen LogP contribution >= 0.6 is 11.3 Å². The molecule has 2 rings (SSSR count). The van der Waals surface area contributed by atoms with Crippen molar-refractivity contribution in [3.05, 3.63) is 16.1 Å². The number of sulfonamides is 1. The van der Waals surface area contributed by atoms with Gasteiger partial charge in [0.1, 0.15) is 0 Å². The SMILES string of the molecule is CCN1CCN(CCNS(=O)(=O)CCc2scnc2C)CC1. The zero-order valence-corrected chi connectivity index (χ0v) is 15.0. The molecule has 0 amide bonds. The molecule has 1 aromatic heterocycles. The number of aryl methyl sites for hydroxylation is 2. The lowest BCUT2D eigenvalue weighted by molar-refractivity contribution is 0.139. The monoisotopic (exact) mass is 346 g/mol. The number of nitrogens with one attached hydrogen (secondary N) is 1. The Bertz CT molecular complexity index is 551. The highest BCUT2D eigenvalue weighted by Crippen LogP contribution is 2.13. The lowest BCUT2D eigenvalue weighted by Gasteiger charge is -2.33. The molecule has 0 saturated carbocycles. The Balaban J connectivity index is 1.66. The van der Waals surface area contributed by atoms with E-state index in [4.69, 9.17) is 0 Å². The van der Waals surface area contributed by atoms with E-state index in [0.717, 1.165) is 49.8 Å². The van der Waals surface area contributed by atoms with Crippen LogP contribution in [-0.2, 0) is 16.4 Å². The average Bonchev–Trinajstić information content (AvgIpc) is 2.91. The molecule has 1 aromatic rings. The molecular formula is C14H26N4O2S2. The van der Waals surface area contributed by atoms with Gasteiger partial charge in [-0.3, -0.25) is 4.90 Å². The second kappa shape index (κ2) is 8.35. The van der Waals surface area contributed by atoms with E-state index in [1.54, 1.807) is 5.51 Å². The third-order valence-electron chi connectivity index (χ3n) is 4.10. The zero-order chi connectivity index (χ0) is 16.0. The van der Waals surface area contributed by atoms with Crippen LogP contribution in [0.3, 0.4) is 0 Å². The molecule has 0 spiro atoms. The fraction of sp³-hybridized carbons (Fsp3) is 0.786. The minimum Gasteiger partial charge on any atom is -0.301 e. The van der Waals surface area contributed by atoms with Crippen molar-refractivity contribution in [3.8, 4) is 0 Å². The number of aromatic nitrogens is 1. The van der Waals surface area contributed by atoms with E-state index < -0.39 is 10.0 Å². The molecule has 0 aromatic carbocycles. The smallest absolute Gasteiger partial charge is 0.211 e. The normalized spacial score (nSPS) is 17.9. The van der Waals surface area contributed by atoms with Crippen molar-refractivity contribution in [2.75, 3.05) is 51.6 Å². The highest BCUT2D eigenvalue weighted by molar-refractivity contribution is 7.89. The van der Waals surface area contributed by atoms with Crippen molar-refractivity contribution in [1.82, 2.24) is 19.5 Å². The molecule has 126 valence electrons. The maximum absolute atomic E-state index is 12.0. The number of piperazine rings is 1. The second-order valence-electron chi connectivity index (χ2n) is 5.60. The lowest BCUT2D eigenvalue weighted by Crippen LogP contribution is -2.48. The minimum absolute atomic E-state index is 0.139. The first-order valence-electron chi connectivity index (χ1n) is 7.81. The Morgan fingerprint density at radius 3 is 2.55 bits per heavy atom. The second-order valence-corrected chi connectivity index (χ2v) is 8.47. The van der Waals surface area contributed by atoms with Crippen molar-refractivity contribution in [2.45, 2.75) is 20.3 Å². The first kappa shape index (κ1) is 17.8. The van der Waals surface area contributed by atoms with Gasteiger partial charge < -0.3 is 4.90 Å². The summed E-state index contributed by atoms with van der Waals surface area (Å²) >= 11 is 1.52. The van der Waals surface area contributed by atoms with Crippen LogP contribution in [0, 0.1) is 6.92 Å². The number of likely N-dealkylation sites (N-methyl/N-ethyl adjacent to an activating group) is 1. The zero-order valence-electron chi connectivity index (χ0n) is 13.4. The quantitative estimate of drug-likeness (QED) is 0.745. The van der Waals surface area contributed by atoms with Gasteiger partial charge in [-0.25, -0.2) is 18.1 Å². The van der Waals surface area contributed by atoms with Crippen LogP contribution < -0.4 is 4.72 Å².